The minimum absolute atomic E-state index is 0.185. The first-order chi connectivity index (χ1) is 15.0. The van der Waals surface area contributed by atoms with Gasteiger partial charge in [0, 0.05) is 60.6 Å². The Bertz CT molecular complexity index is 1370. The summed E-state index contributed by atoms with van der Waals surface area (Å²) >= 11 is 0. The zero-order chi connectivity index (χ0) is 21.7. The number of anilines is 1. The van der Waals surface area contributed by atoms with Crippen molar-refractivity contribution >= 4 is 28.9 Å². The molecule has 1 aliphatic rings. The number of amides is 1. The number of carbonyl (C=O) groups excluding carboxylic acids is 2. The maximum Gasteiger partial charge on any atom is 0.255 e. The summed E-state index contributed by atoms with van der Waals surface area (Å²) in [6.45, 7) is 0.205. The Morgan fingerprint density at radius 2 is 2.06 bits per heavy atom. The predicted octanol–water partition coefficient (Wildman–Crippen LogP) is 3.28. The van der Waals surface area contributed by atoms with E-state index >= 15 is 0 Å². The number of rotatable bonds is 3. The van der Waals surface area contributed by atoms with Gasteiger partial charge in [0.15, 0.2) is 6.29 Å². The number of fused-ring (bicyclic) bond motifs is 2. The van der Waals surface area contributed by atoms with Crippen molar-refractivity contribution in [2.75, 3.05) is 19.8 Å². The SMILES string of the molecule is CN(C)C(=O)c1cc(-c2cnc3[nH]cc4c3c2OCc2nccc(C=O)c2-4)ccc1N. The summed E-state index contributed by atoms with van der Waals surface area (Å²) in [4.78, 5) is 37.9. The molecule has 1 amide bonds. The summed E-state index contributed by atoms with van der Waals surface area (Å²) in [6.07, 6.45) is 5.94. The zero-order valence-electron chi connectivity index (χ0n) is 17.0. The van der Waals surface area contributed by atoms with Crippen LogP contribution in [0, 0.1) is 0 Å². The number of aromatic nitrogens is 3. The van der Waals surface area contributed by atoms with E-state index in [-0.39, 0.29) is 12.5 Å². The number of benzene rings is 1. The number of hydrogen-bond donors (Lipinski definition) is 2. The first-order valence-electron chi connectivity index (χ1n) is 9.67. The van der Waals surface area contributed by atoms with Gasteiger partial charge >= 0.3 is 0 Å². The van der Waals surface area contributed by atoms with E-state index in [1.165, 1.54) is 4.90 Å². The van der Waals surface area contributed by atoms with Crippen LogP contribution >= 0.6 is 0 Å². The third-order valence-electron chi connectivity index (χ3n) is 5.47. The van der Waals surface area contributed by atoms with Crippen molar-refractivity contribution in [2.24, 2.45) is 0 Å². The average molecular weight is 413 g/mol. The molecule has 4 aromatic rings. The maximum atomic E-state index is 12.6. The summed E-state index contributed by atoms with van der Waals surface area (Å²) in [7, 11) is 3.36. The topological polar surface area (TPSA) is 114 Å². The lowest BCUT2D eigenvalue weighted by Crippen LogP contribution is -2.22. The number of aromatic amines is 1. The van der Waals surface area contributed by atoms with Gasteiger partial charge in [0.2, 0.25) is 0 Å². The second kappa shape index (κ2) is 6.94. The van der Waals surface area contributed by atoms with Crippen LogP contribution in [-0.2, 0) is 6.61 Å². The second-order valence-corrected chi connectivity index (χ2v) is 7.56. The van der Waals surface area contributed by atoms with E-state index in [0.29, 0.717) is 33.9 Å². The maximum absolute atomic E-state index is 12.6. The van der Waals surface area contributed by atoms with Crippen molar-refractivity contribution in [1.82, 2.24) is 19.9 Å². The molecule has 1 aliphatic heterocycles. The van der Waals surface area contributed by atoms with Gasteiger partial charge in [-0.1, -0.05) is 6.07 Å². The Labute approximate surface area is 177 Å². The number of H-pyrrole nitrogens is 1. The number of hydrogen-bond acceptors (Lipinski definition) is 6. The van der Waals surface area contributed by atoms with Crippen molar-refractivity contribution in [3.63, 3.8) is 0 Å². The van der Waals surface area contributed by atoms with E-state index < -0.39 is 0 Å². The van der Waals surface area contributed by atoms with E-state index in [1.807, 2.05) is 12.3 Å². The Kier molecular flexibility index (Phi) is 4.21. The molecule has 31 heavy (non-hydrogen) atoms. The van der Waals surface area contributed by atoms with Crippen molar-refractivity contribution < 1.29 is 14.3 Å². The number of carbonyl (C=O) groups is 2. The van der Waals surface area contributed by atoms with Crippen LogP contribution in [0.2, 0.25) is 0 Å². The third-order valence-corrected chi connectivity index (χ3v) is 5.47. The predicted molar refractivity (Wildman–Crippen MR) is 117 cm³/mol. The molecular formula is C23H19N5O3. The van der Waals surface area contributed by atoms with Crippen LogP contribution < -0.4 is 10.5 Å². The number of ether oxygens (including phenoxy) is 1. The Morgan fingerprint density at radius 3 is 2.84 bits per heavy atom. The highest BCUT2D eigenvalue weighted by atomic mass is 16.5. The van der Waals surface area contributed by atoms with Crippen LogP contribution in [0.4, 0.5) is 5.69 Å². The summed E-state index contributed by atoms with van der Waals surface area (Å²) < 4.78 is 6.20. The fraction of sp³-hybridized carbons (Fsp3) is 0.130. The van der Waals surface area contributed by atoms with E-state index in [4.69, 9.17) is 10.5 Å². The van der Waals surface area contributed by atoms with Gasteiger partial charge in [0.25, 0.3) is 5.91 Å². The van der Waals surface area contributed by atoms with Crippen LogP contribution in [0.25, 0.3) is 33.3 Å². The van der Waals surface area contributed by atoms with Crippen molar-refractivity contribution in [2.45, 2.75) is 6.61 Å². The van der Waals surface area contributed by atoms with Crippen LogP contribution in [0.5, 0.6) is 5.75 Å². The molecule has 1 aromatic carbocycles. The first kappa shape index (κ1) is 18.8. The fourth-order valence-electron chi connectivity index (χ4n) is 3.95. The largest absolute Gasteiger partial charge is 0.486 e. The molecule has 0 radical (unpaired) electrons. The van der Waals surface area contributed by atoms with Crippen molar-refractivity contribution in [3.05, 3.63) is 59.7 Å². The fourth-order valence-corrected chi connectivity index (χ4v) is 3.95. The molecule has 0 atom stereocenters. The van der Waals surface area contributed by atoms with Crippen molar-refractivity contribution in [3.8, 4) is 28.0 Å². The van der Waals surface area contributed by atoms with Gasteiger partial charge in [-0.3, -0.25) is 14.6 Å². The molecule has 154 valence electrons. The molecule has 0 bridgehead atoms. The van der Waals surface area contributed by atoms with Crippen LogP contribution in [-0.4, -0.2) is 46.1 Å². The molecule has 0 aliphatic carbocycles. The third kappa shape index (κ3) is 2.83. The van der Waals surface area contributed by atoms with Crippen molar-refractivity contribution in [1.29, 1.82) is 0 Å². The summed E-state index contributed by atoms with van der Waals surface area (Å²) in [6, 6.07) is 6.98. The van der Waals surface area contributed by atoms with Gasteiger partial charge in [-0.15, -0.1) is 0 Å². The number of aldehydes is 1. The highest BCUT2D eigenvalue weighted by Gasteiger charge is 2.26. The first-order valence-corrected chi connectivity index (χ1v) is 9.67. The van der Waals surface area contributed by atoms with Crippen LogP contribution in [0.3, 0.4) is 0 Å². The molecule has 8 heteroatoms. The quantitative estimate of drug-likeness (QED) is 0.394. The molecule has 3 N–H and O–H groups in total. The number of nitrogen functional groups attached to an aromatic ring is 1. The van der Waals surface area contributed by atoms with E-state index in [1.54, 1.807) is 44.7 Å². The molecule has 0 saturated carbocycles. The second-order valence-electron chi connectivity index (χ2n) is 7.56. The van der Waals surface area contributed by atoms with E-state index in [9.17, 15) is 9.59 Å². The van der Waals surface area contributed by atoms with Gasteiger partial charge < -0.3 is 20.4 Å². The standard InChI is InChI=1S/C23H19N5O3/c1-28(2)23(30)14-7-12(3-4-17(14)24)15-8-26-22-20-16(9-27-22)19-13(10-29)5-6-25-18(19)11-31-21(15)20/h3-10H,11,24H2,1-2H3,(H,26,27). The van der Waals surface area contributed by atoms with E-state index in [2.05, 4.69) is 15.0 Å². The monoisotopic (exact) mass is 413 g/mol. The Morgan fingerprint density at radius 1 is 1.23 bits per heavy atom. The van der Waals surface area contributed by atoms with Gasteiger partial charge in [0.1, 0.15) is 18.0 Å². The zero-order valence-corrected chi connectivity index (χ0v) is 17.0. The summed E-state index contributed by atoms with van der Waals surface area (Å²) in [5, 5.41) is 0.768. The average Bonchev–Trinajstić information content (AvgIpc) is 3.12. The highest BCUT2D eigenvalue weighted by Crippen LogP contribution is 2.45. The molecular weight excluding hydrogens is 394 g/mol. The molecule has 5 rings (SSSR count). The van der Waals surface area contributed by atoms with Gasteiger partial charge in [-0.25, -0.2) is 4.98 Å². The lowest BCUT2D eigenvalue weighted by atomic mass is 9.97. The molecule has 0 spiro atoms. The van der Waals surface area contributed by atoms with Crippen LogP contribution in [0.1, 0.15) is 26.4 Å². The molecule has 4 heterocycles. The minimum atomic E-state index is -0.185. The van der Waals surface area contributed by atoms with Crippen LogP contribution in [0.15, 0.2) is 42.9 Å². The number of nitrogens with one attached hydrogen (secondary N) is 1. The summed E-state index contributed by atoms with van der Waals surface area (Å²) in [5.74, 6) is 0.429. The molecule has 8 nitrogen and oxygen atoms in total. The number of pyridine rings is 2. The molecule has 0 unspecified atom stereocenters. The molecule has 3 aromatic heterocycles. The lowest BCUT2D eigenvalue weighted by molar-refractivity contribution is 0.0828. The normalized spacial score (nSPS) is 12.1. The lowest BCUT2D eigenvalue weighted by Gasteiger charge is -2.15. The highest BCUT2D eigenvalue weighted by molar-refractivity contribution is 6.06. The molecule has 0 fully saturated rings. The Balaban J connectivity index is 1.76. The van der Waals surface area contributed by atoms with Gasteiger partial charge in [0.05, 0.1) is 16.6 Å². The van der Waals surface area contributed by atoms with Gasteiger partial charge in [-0.2, -0.15) is 0 Å². The number of nitrogens with two attached hydrogens (primary N) is 1. The minimum Gasteiger partial charge on any atom is -0.486 e. The number of nitrogens with zero attached hydrogens (tertiary/aromatic N) is 3. The van der Waals surface area contributed by atoms with E-state index in [0.717, 1.165) is 33.9 Å². The smallest absolute Gasteiger partial charge is 0.255 e. The van der Waals surface area contributed by atoms with Gasteiger partial charge in [-0.05, 0) is 23.8 Å². The Hall–Kier alpha value is -4.20. The molecule has 0 saturated heterocycles. The summed E-state index contributed by atoms with van der Waals surface area (Å²) in [5.41, 5.74) is 11.7.